The van der Waals surface area contributed by atoms with Gasteiger partial charge in [-0.2, -0.15) is 0 Å². The summed E-state index contributed by atoms with van der Waals surface area (Å²) < 4.78 is 4.57. The monoisotopic (exact) mass is 323 g/mol. The van der Waals surface area contributed by atoms with E-state index in [0.717, 1.165) is 24.8 Å². The molecule has 1 atom stereocenters. The standard InChI is InChI=1S/C19H21N3O2/c1-19(2)13-14-9-5-3-8-12-16(14)21-17(23)20(18(24)22(19)21)15-10-6-4-7-11-15/h4-7,9-11,13,16H,3,8,12H2,1-2H3. The van der Waals surface area contributed by atoms with E-state index in [1.54, 1.807) is 21.5 Å². The Morgan fingerprint density at radius 1 is 1.08 bits per heavy atom. The Balaban J connectivity index is 2.03. The zero-order valence-electron chi connectivity index (χ0n) is 14.0. The van der Waals surface area contributed by atoms with E-state index in [1.807, 2.05) is 32.0 Å². The molecule has 2 aromatic rings. The Hall–Kier alpha value is -2.56. The lowest BCUT2D eigenvalue weighted by Crippen LogP contribution is -2.44. The molecule has 0 amide bonds. The van der Waals surface area contributed by atoms with Crippen LogP contribution in [0.3, 0.4) is 0 Å². The highest BCUT2D eigenvalue weighted by Gasteiger charge is 2.36. The minimum Gasteiger partial charge on any atom is -0.245 e. The van der Waals surface area contributed by atoms with Gasteiger partial charge in [-0.05, 0) is 50.8 Å². The van der Waals surface area contributed by atoms with Crippen LogP contribution in [-0.2, 0) is 5.54 Å². The molecule has 1 aliphatic carbocycles. The Bertz CT molecular complexity index is 955. The molecule has 5 nitrogen and oxygen atoms in total. The highest BCUT2D eigenvalue weighted by molar-refractivity contribution is 5.33. The fourth-order valence-electron chi connectivity index (χ4n) is 3.85. The molecule has 0 saturated heterocycles. The first-order valence-electron chi connectivity index (χ1n) is 8.42. The van der Waals surface area contributed by atoms with Crippen molar-refractivity contribution in [2.75, 3.05) is 0 Å². The molecular weight excluding hydrogens is 302 g/mol. The molecule has 5 heteroatoms. The van der Waals surface area contributed by atoms with Crippen LogP contribution in [0.1, 0.15) is 39.2 Å². The molecule has 2 aliphatic rings. The molecule has 1 aromatic carbocycles. The molecule has 0 N–H and O–H groups in total. The highest BCUT2D eigenvalue weighted by Crippen LogP contribution is 2.35. The first-order chi connectivity index (χ1) is 11.5. The zero-order valence-corrected chi connectivity index (χ0v) is 14.0. The van der Waals surface area contributed by atoms with E-state index in [-0.39, 0.29) is 17.4 Å². The van der Waals surface area contributed by atoms with Crippen LogP contribution in [0.4, 0.5) is 0 Å². The number of rotatable bonds is 1. The highest BCUT2D eigenvalue weighted by atomic mass is 16.2. The third-order valence-corrected chi connectivity index (χ3v) is 4.89. The molecule has 1 aromatic heterocycles. The van der Waals surface area contributed by atoms with Crippen LogP contribution in [0, 0.1) is 0 Å². The fraction of sp³-hybridized carbons (Fsp3) is 0.368. The Morgan fingerprint density at radius 3 is 2.58 bits per heavy atom. The summed E-state index contributed by atoms with van der Waals surface area (Å²) in [5.41, 5.74) is 0.662. The van der Waals surface area contributed by atoms with Gasteiger partial charge in [0.25, 0.3) is 0 Å². The molecule has 24 heavy (non-hydrogen) atoms. The number of fused-ring (bicyclic) bond motifs is 3. The molecule has 0 spiro atoms. The van der Waals surface area contributed by atoms with Crippen molar-refractivity contribution in [3.05, 3.63) is 75.1 Å². The lowest BCUT2D eigenvalue weighted by atomic mass is 9.93. The lowest BCUT2D eigenvalue weighted by molar-refractivity contribution is 0.261. The second-order valence-electron chi connectivity index (χ2n) is 7.04. The van der Waals surface area contributed by atoms with Gasteiger partial charge >= 0.3 is 11.4 Å². The number of para-hydroxylation sites is 1. The minimum atomic E-state index is -0.545. The predicted octanol–water partition coefficient (Wildman–Crippen LogP) is 2.76. The second-order valence-corrected chi connectivity index (χ2v) is 7.04. The van der Waals surface area contributed by atoms with Crippen LogP contribution in [0.25, 0.3) is 5.69 Å². The maximum atomic E-state index is 13.1. The quantitative estimate of drug-likeness (QED) is 0.810. The zero-order chi connectivity index (χ0) is 16.9. The topological polar surface area (TPSA) is 48.9 Å². The van der Waals surface area contributed by atoms with Crippen molar-refractivity contribution < 1.29 is 0 Å². The molecule has 0 bridgehead atoms. The van der Waals surface area contributed by atoms with Crippen LogP contribution in [0.2, 0.25) is 0 Å². The van der Waals surface area contributed by atoms with Crippen molar-refractivity contribution >= 4 is 0 Å². The summed E-state index contributed by atoms with van der Waals surface area (Å²) in [4.78, 5) is 26.2. The summed E-state index contributed by atoms with van der Waals surface area (Å²) in [5, 5.41) is 0. The first kappa shape index (κ1) is 15.0. The molecule has 4 rings (SSSR count). The van der Waals surface area contributed by atoms with Gasteiger partial charge in [0.2, 0.25) is 0 Å². The van der Waals surface area contributed by atoms with Gasteiger partial charge in [0.15, 0.2) is 0 Å². The third-order valence-electron chi connectivity index (χ3n) is 4.89. The summed E-state index contributed by atoms with van der Waals surface area (Å²) in [6, 6.07) is 9.08. The van der Waals surface area contributed by atoms with Gasteiger partial charge in [0.05, 0.1) is 17.3 Å². The smallest absolute Gasteiger partial charge is 0.245 e. The van der Waals surface area contributed by atoms with E-state index in [9.17, 15) is 9.59 Å². The third kappa shape index (κ3) is 2.08. The normalized spacial score (nSPS) is 21.6. The first-order valence-corrected chi connectivity index (χ1v) is 8.42. The van der Waals surface area contributed by atoms with Gasteiger partial charge in [-0.3, -0.25) is 0 Å². The van der Waals surface area contributed by atoms with E-state index in [4.69, 9.17) is 0 Å². The second kappa shape index (κ2) is 5.23. The van der Waals surface area contributed by atoms with Crippen molar-refractivity contribution in [2.45, 2.75) is 44.7 Å². The summed E-state index contributed by atoms with van der Waals surface area (Å²) in [7, 11) is 0. The van der Waals surface area contributed by atoms with Gasteiger partial charge in [0.1, 0.15) is 0 Å². The molecule has 0 radical (unpaired) electrons. The van der Waals surface area contributed by atoms with Crippen LogP contribution < -0.4 is 11.4 Å². The fourth-order valence-corrected chi connectivity index (χ4v) is 3.85. The Kier molecular flexibility index (Phi) is 3.27. The molecule has 2 heterocycles. The van der Waals surface area contributed by atoms with Gasteiger partial charge in [-0.1, -0.05) is 36.4 Å². The maximum Gasteiger partial charge on any atom is 0.352 e. The number of hydrogen-bond acceptors (Lipinski definition) is 2. The van der Waals surface area contributed by atoms with Crippen LogP contribution in [-0.4, -0.2) is 13.9 Å². The van der Waals surface area contributed by atoms with E-state index < -0.39 is 5.54 Å². The van der Waals surface area contributed by atoms with Gasteiger partial charge in [-0.15, -0.1) is 0 Å². The SMILES string of the molecule is CC1(C)C=C2C=CCCCC2n2c(=O)n(-c3ccccc3)c(=O)n21. The number of nitrogens with zero attached hydrogens (tertiary/aromatic N) is 3. The Morgan fingerprint density at radius 2 is 1.83 bits per heavy atom. The lowest BCUT2D eigenvalue weighted by Gasteiger charge is -2.34. The summed E-state index contributed by atoms with van der Waals surface area (Å²) in [5.74, 6) is 0. The van der Waals surface area contributed by atoms with Crippen LogP contribution in [0.5, 0.6) is 0 Å². The number of benzene rings is 1. The van der Waals surface area contributed by atoms with Crippen LogP contribution >= 0.6 is 0 Å². The van der Waals surface area contributed by atoms with E-state index in [0.29, 0.717) is 5.69 Å². The molecule has 124 valence electrons. The molecule has 1 unspecified atom stereocenters. The van der Waals surface area contributed by atoms with Gasteiger partial charge < -0.3 is 0 Å². The number of hydrogen-bond donors (Lipinski definition) is 0. The van der Waals surface area contributed by atoms with Crippen molar-refractivity contribution in [3.63, 3.8) is 0 Å². The largest absolute Gasteiger partial charge is 0.352 e. The van der Waals surface area contributed by atoms with Crippen molar-refractivity contribution in [1.82, 2.24) is 13.9 Å². The summed E-state index contributed by atoms with van der Waals surface area (Å²) in [6.07, 6.45) is 9.28. The number of allylic oxidation sites excluding steroid dienone is 4. The molecular formula is C19H21N3O2. The summed E-state index contributed by atoms with van der Waals surface area (Å²) in [6.45, 7) is 3.95. The van der Waals surface area contributed by atoms with Crippen LogP contribution in [0.15, 0.2) is 63.7 Å². The molecule has 1 aliphatic heterocycles. The van der Waals surface area contributed by atoms with E-state index >= 15 is 0 Å². The maximum absolute atomic E-state index is 13.1. The van der Waals surface area contributed by atoms with Crippen molar-refractivity contribution in [1.29, 1.82) is 0 Å². The molecule has 0 saturated carbocycles. The van der Waals surface area contributed by atoms with Crippen molar-refractivity contribution in [3.8, 4) is 5.69 Å². The van der Waals surface area contributed by atoms with Gasteiger partial charge in [-0.25, -0.2) is 23.5 Å². The summed E-state index contributed by atoms with van der Waals surface area (Å²) >= 11 is 0. The predicted molar refractivity (Wildman–Crippen MR) is 93.7 cm³/mol. The Labute approximate surface area is 140 Å². The minimum absolute atomic E-state index is 0.0677. The number of aromatic nitrogens is 3. The van der Waals surface area contributed by atoms with Crippen molar-refractivity contribution in [2.24, 2.45) is 0 Å². The van der Waals surface area contributed by atoms with E-state index in [1.165, 1.54) is 4.57 Å². The average molecular weight is 323 g/mol. The van der Waals surface area contributed by atoms with E-state index in [2.05, 4.69) is 18.2 Å². The average Bonchev–Trinajstić information content (AvgIpc) is 2.70. The molecule has 0 fully saturated rings. The van der Waals surface area contributed by atoms with Gasteiger partial charge in [0, 0.05) is 0 Å².